The molecule has 2 aliphatic carbocycles. The summed E-state index contributed by atoms with van der Waals surface area (Å²) in [4.78, 5) is 42.6. The Morgan fingerprint density at radius 3 is 2.34 bits per heavy atom. The molecule has 3 aliphatic rings. The number of likely N-dealkylation sites (tertiary alicyclic amines) is 1. The molecule has 1 aromatic rings. The largest absolute Gasteiger partial charge is 0.477 e. The number of hydrogen-bond donors (Lipinski definition) is 3. The van der Waals surface area contributed by atoms with Gasteiger partial charge in [0, 0.05) is 36.0 Å². The van der Waals surface area contributed by atoms with Gasteiger partial charge < -0.3 is 34.8 Å². The first-order valence-electron chi connectivity index (χ1n) is 17.2. The number of anilines is 1. The molecule has 0 bridgehead atoms. The highest BCUT2D eigenvalue weighted by molar-refractivity contribution is 7.15. The van der Waals surface area contributed by atoms with Crippen molar-refractivity contribution < 1.29 is 34.1 Å². The van der Waals surface area contributed by atoms with Crippen LogP contribution in [-0.2, 0) is 9.47 Å². The lowest BCUT2D eigenvalue weighted by molar-refractivity contribution is 0.0104. The number of nitrogens with one attached hydrogen (secondary N) is 1. The minimum absolute atomic E-state index is 0.0836. The first-order chi connectivity index (χ1) is 21.9. The molecule has 3 N–H and O–H groups in total. The number of thiophene rings is 1. The van der Waals surface area contributed by atoms with Crippen LogP contribution >= 0.6 is 11.3 Å². The molecule has 1 saturated heterocycles. The number of ether oxygens (including phenoxy) is 2. The van der Waals surface area contributed by atoms with Gasteiger partial charge in [-0.15, -0.1) is 11.3 Å². The highest BCUT2D eigenvalue weighted by Gasteiger charge is 2.42. The number of aliphatic hydroxyl groups excluding tert-OH is 1. The van der Waals surface area contributed by atoms with Crippen molar-refractivity contribution in [2.45, 2.75) is 142 Å². The zero-order valence-corrected chi connectivity index (χ0v) is 30.3. The number of aromatic carboxylic acids is 1. The van der Waals surface area contributed by atoms with Crippen LogP contribution in [0.25, 0.3) is 0 Å². The number of hydrogen-bond acceptors (Lipinski definition) is 8. The number of carbonyl (C=O) groups excluding carboxylic acids is 2. The van der Waals surface area contributed by atoms with Gasteiger partial charge in [0.25, 0.3) is 0 Å². The van der Waals surface area contributed by atoms with Gasteiger partial charge in [-0.2, -0.15) is 0 Å². The van der Waals surface area contributed by atoms with E-state index in [4.69, 9.17) is 9.47 Å². The lowest BCUT2D eigenvalue weighted by Gasteiger charge is -2.39. The molecule has 1 aliphatic heterocycles. The Balaban J connectivity index is 1.46. The fourth-order valence-corrected chi connectivity index (χ4v) is 8.19. The molecule has 11 heteroatoms. The first kappa shape index (κ1) is 36.9. The molecule has 2 amide bonds. The SMILES string of the molecule is CC1CCCC(c2c(C#CC(C)(C)C)sc(C(=O)O)c2N(CO)C2CCC(NC(=O)OC3(C)CCN(C(=O)OC(C)(C)C)C3)CC2)C1. The minimum Gasteiger partial charge on any atom is -0.477 e. The van der Waals surface area contributed by atoms with Crippen LogP contribution in [-0.4, -0.2) is 76.4 Å². The number of aliphatic hydroxyl groups is 1. The Kier molecular flexibility index (Phi) is 11.5. The van der Waals surface area contributed by atoms with Crippen molar-refractivity contribution in [3.8, 4) is 11.8 Å². The van der Waals surface area contributed by atoms with E-state index in [1.54, 1.807) is 4.90 Å². The topological polar surface area (TPSA) is 129 Å². The van der Waals surface area contributed by atoms with Crippen molar-refractivity contribution in [3.63, 3.8) is 0 Å². The molecule has 10 nitrogen and oxygen atoms in total. The summed E-state index contributed by atoms with van der Waals surface area (Å²) in [5.41, 5.74) is -0.0319. The summed E-state index contributed by atoms with van der Waals surface area (Å²) in [5, 5.41) is 24.2. The Labute approximate surface area is 284 Å². The van der Waals surface area contributed by atoms with Crippen LogP contribution in [0.15, 0.2) is 0 Å². The summed E-state index contributed by atoms with van der Waals surface area (Å²) in [7, 11) is 0. The number of carbonyl (C=O) groups is 3. The summed E-state index contributed by atoms with van der Waals surface area (Å²) in [6.07, 6.45) is 6.46. The highest BCUT2D eigenvalue weighted by atomic mass is 32.1. The molecule has 0 radical (unpaired) electrons. The normalized spacial score (nSPS) is 26.6. The Hall–Kier alpha value is -2.97. The van der Waals surface area contributed by atoms with E-state index < -0.39 is 29.4 Å². The second-order valence-electron chi connectivity index (χ2n) is 16.0. The van der Waals surface area contributed by atoms with Gasteiger partial charge in [-0.25, -0.2) is 14.4 Å². The van der Waals surface area contributed by atoms with Crippen LogP contribution in [0.1, 0.15) is 139 Å². The lowest BCUT2D eigenvalue weighted by Crippen LogP contribution is -2.47. The molecule has 2 heterocycles. The highest BCUT2D eigenvalue weighted by Crippen LogP contribution is 2.48. The number of carboxylic acids is 1. The number of rotatable bonds is 7. The van der Waals surface area contributed by atoms with E-state index in [2.05, 4.69) is 24.1 Å². The van der Waals surface area contributed by atoms with Gasteiger partial charge in [0.2, 0.25) is 0 Å². The molecule has 3 unspecified atom stereocenters. The number of nitrogens with zero attached hydrogens (tertiary/aromatic N) is 2. The predicted octanol–water partition coefficient (Wildman–Crippen LogP) is 7.33. The number of amides is 2. The smallest absolute Gasteiger partial charge is 0.410 e. The third-order valence-corrected chi connectivity index (χ3v) is 10.4. The third-order valence-electron chi connectivity index (χ3n) is 9.33. The van der Waals surface area contributed by atoms with E-state index in [0.717, 1.165) is 36.1 Å². The average Bonchev–Trinajstić information content (AvgIpc) is 3.53. The van der Waals surface area contributed by atoms with Gasteiger partial charge >= 0.3 is 18.2 Å². The van der Waals surface area contributed by atoms with Crippen LogP contribution < -0.4 is 10.2 Å². The molecule has 0 spiro atoms. The zero-order valence-electron chi connectivity index (χ0n) is 29.5. The van der Waals surface area contributed by atoms with Crippen molar-refractivity contribution >= 4 is 35.2 Å². The second kappa shape index (κ2) is 14.7. The molecule has 3 fully saturated rings. The maximum absolute atomic E-state index is 13.0. The lowest BCUT2D eigenvalue weighted by atomic mass is 9.78. The maximum atomic E-state index is 13.0. The quantitative estimate of drug-likeness (QED) is 0.203. The first-order valence-corrected chi connectivity index (χ1v) is 18.0. The van der Waals surface area contributed by atoms with E-state index in [1.165, 1.54) is 11.3 Å². The van der Waals surface area contributed by atoms with Crippen LogP contribution in [0.2, 0.25) is 0 Å². The summed E-state index contributed by atoms with van der Waals surface area (Å²) >= 11 is 1.23. The Morgan fingerprint density at radius 1 is 1.09 bits per heavy atom. The fourth-order valence-electron chi connectivity index (χ4n) is 7.10. The Bertz CT molecular complexity index is 1360. The summed E-state index contributed by atoms with van der Waals surface area (Å²) < 4.78 is 11.3. The molecule has 2 saturated carbocycles. The van der Waals surface area contributed by atoms with Crippen molar-refractivity contribution in [3.05, 3.63) is 15.3 Å². The molecule has 1 aromatic heterocycles. The van der Waals surface area contributed by atoms with Crippen LogP contribution in [0.3, 0.4) is 0 Å². The molecular formula is C36H55N3O7S. The molecule has 3 atom stereocenters. The fraction of sp³-hybridized carbons (Fsp3) is 0.750. The average molecular weight is 674 g/mol. The van der Waals surface area contributed by atoms with Gasteiger partial charge in [-0.05, 0) is 98.8 Å². The van der Waals surface area contributed by atoms with Crippen LogP contribution in [0.4, 0.5) is 15.3 Å². The molecule has 0 aromatic carbocycles. The summed E-state index contributed by atoms with van der Waals surface area (Å²) in [6, 6.07) is -0.195. The monoisotopic (exact) mass is 673 g/mol. The molecule has 4 rings (SSSR count). The maximum Gasteiger partial charge on any atom is 0.410 e. The zero-order chi connectivity index (χ0) is 34.7. The third kappa shape index (κ3) is 9.79. The standard InChI is InChI=1S/C36H55N3O7S/c1-23-10-9-11-24(20-23)28-27(16-17-34(2,3)4)47-30(31(41)42)29(28)39(22-40)26-14-12-25(13-15-26)37-32(43)45-36(8)18-19-38(21-36)33(44)46-35(5,6)7/h23-26,40H,9-15,18-22H2,1-8H3,(H,37,43)(H,41,42). The van der Waals surface area contributed by atoms with Gasteiger partial charge in [0.05, 0.1) is 17.1 Å². The Morgan fingerprint density at radius 2 is 1.77 bits per heavy atom. The van der Waals surface area contributed by atoms with Gasteiger partial charge in [0.15, 0.2) is 0 Å². The van der Waals surface area contributed by atoms with Crippen LogP contribution in [0.5, 0.6) is 0 Å². The predicted molar refractivity (Wildman–Crippen MR) is 184 cm³/mol. The molecular weight excluding hydrogens is 618 g/mol. The second-order valence-corrected chi connectivity index (χ2v) is 17.1. The van der Waals surface area contributed by atoms with E-state index >= 15 is 0 Å². The van der Waals surface area contributed by atoms with E-state index in [0.29, 0.717) is 50.3 Å². The van der Waals surface area contributed by atoms with Gasteiger partial charge in [-0.1, -0.05) is 31.6 Å². The molecule has 47 heavy (non-hydrogen) atoms. The van der Waals surface area contributed by atoms with Crippen LogP contribution in [0, 0.1) is 23.2 Å². The van der Waals surface area contributed by atoms with Crippen molar-refractivity contribution in [1.82, 2.24) is 10.2 Å². The number of carboxylic acid groups (broad SMARTS) is 1. The number of alkyl carbamates (subject to hydrolysis) is 1. The summed E-state index contributed by atoms with van der Waals surface area (Å²) in [6.45, 7) is 16.1. The van der Waals surface area contributed by atoms with Crippen molar-refractivity contribution in [2.75, 3.05) is 24.7 Å². The van der Waals surface area contributed by atoms with Crippen molar-refractivity contribution in [1.29, 1.82) is 0 Å². The molecule has 262 valence electrons. The van der Waals surface area contributed by atoms with E-state index in [9.17, 15) is 24.6 Å². The van der Waals surface area contributed by atoms with E-state index in [-0.39, 0.29) is 41.6 Å². The van der Waals surface area contributed by atoms with E-state index in [1.807, 2.05) is 53.4 Å². The van der Waals surface area contributed by atoms with Gasteiger partial charge in [0.1, 0.15) is 22.8 Å². The van der Waals surface area contributed by atoms with Gasteiger partial charge in [-0.3, -0.25) is 0 Å². The summed E-state index contributed by atoms with van der Waals surface area (Å²) in [5.74, 6) is 6.40. The van der Waals surface area contributed by atoms with Crippen molar-refractivity contribution in [2.24, 2.45) is 11.3 Å². The minimum atomic E-state index is -0.999.